The molecule has 0 aliphatic heterocycles. The lowest BCUT2D eigenvalue weighted by Gasteiger charge is -2.07. The van der Waals surface area contributed by atoms with Crippen LogP contribution < -0.4 is 0 Å². The first-order valence-corrected chi connectivity index (χ1v) is 9.39. The summed E-state index contributed by atoms with van der Waals surface area (Å²) in [7, 11) is 0. The van der Waals surface area contributed by atoms with Crippen molar-refractivity contribution >= 4 is 32.2 Å². The van der Waals surface area contributed by atoms with E-state index in [1.165, 1.54) is 23.5 Å². The highest BCUT2D eigenvalue weighted by Gasteiger charge is 2.30. The van der Waals surface area contributed by atoms with E-state index in [0.29, 0.717) is 12.0 Å². The second-order valence-corrected chi connectivity index (χ2v) is 7.90. The van der Waals surface area contributed by atoms with E-state index in [0.717, 1.165) is 31.6 Å². The summed E-state index contributed by atoms with van der Waals surface area (Å²) < 4.78 is 41.4. The molecule has 0 atom stereocenters. The van der Waals surface area contributed by atoms with Crippen molar-refractivity contribution in [2.75, 3.05) is 0 Å². The predicted octanol–water partition coefficient (Wildman–Crippen LogP) is 6.43. The lowest BCUT2D eigenvalue weighted by atomic mass is 10.1. The van der Waals surface area contributed by atoms with Gasteiger partial charge in [0.1, 0.15) is 0 Å². The van der Waals surface area contributed by atoms with E-state index >= 15 is 0 Å². The summed E-state index contributed by atoms with van der Waals surface area (Å²) in [6, 6.07) is 13.3. The van der Waals surface area contributed by atoms with E-state index in [2.05, 4.69) is 20.9 Å². The predicted molar refractivity (Wildman–Crippen MR) is 100 cm³/mol. The molecule has 0 bridgehead atoms. The van der Waals surface area contributed by atoms with Gasteiger partial charge in [-0.2, -0.15) is 13.2 Å². The van der Waals surface area contributed by atoms with Gasteiger partial charge in [0.15, 0.2) is 4.96 Å². The van der Waals surface area contributed by atoms with Crippen molar-refractivity contribution in [2.45, 2.75) is 12.6 Å². The van der Waals surface area contributed by atoms with E-state index in [1.807, 2.05) is 41.1 Å². The zero-order valence-corrected chi connectivity index (χ0v) is 15.7. The van der Waals surface area contributed by atoms with Gasteiger partial charge in [-0.15, -0.1) is 11.3 Å². The molecule has 0 amide bonds. The first kappa shape index (κ1) is 17.3. The average Bonchev–Trinajstić information content (AvgIpc) is 3.13. The van der Waals surface area contributed by atoms with Gasteiger partial charge in [0.05, 0.1) is 11.3 Å². The third kappa shape index (κ3) is 3.54. The topological polar surface area (TPSA) is 17.3 Å². The lowest BCUT2D eigenvalue weighted by molar-refractivity contribution is -0.137. The van der Waals surface area contributed by atoms with Crippen molar-refractivity contribution in [3.05, 3.63) is 81.4 Å². The summed E-state index contributed by atoms with van der Waals surface area (Å²) >= 11 is 4.89. The van der Waals surface area contributed by atoms with E-state index in [4.69, 9.17) is 0 Å². The first-order chi connectivity index (χ1) is 12.4. The SMILES string of the molecule is FC(F)(F)c1cccc(Cc2cn3cc(-c4ccc(Br)cc4)nc3s2)c1. The van der Waals surface area contributed by atoms with Crippen LogP contribution in [-0.4, -0.2) is 9.38 Å². The van der Waals surface area contributed by atoms with Crippen molar-refractivity contribution in [2.24, 2.45) is 0 Å². The molecule has 2 heterocycles. The molecule has 0 unspecified atom stereocenters. The monoisotopic (exact) mass is 436 g/mol. The molecule has 132 valence electrons. The van der Waals surface area contributed by atoms with Crippen LogP contribution in [0, 0.1) is 0 Å². The van der Waals surface area contributed by atoms with Crippen LogP contribution in [-0.2, 0) is 12.6 Å². The van der Waals surface area contributed by atoms with Gasteiger partial charge >= 0.3 is 6.18 Å². The molecule has 2 nitrogen and oxygen atoms in total. The maximum Gasteiger partial charge on any atom is 0.416 e. The van der Waals surface area contributed by atoms with Gasteiger partial charge in [0.25, 0.3) is 0 Å². The van der Waals surface area contributed by atoms with Crippen molar-refractivity contribution in [1.29, 1.82) is 0 Å². The molecular formula is C19H12BrF3N2S. The molecule has 0 aliphatic carbocycles. The van der Waals surface area contributed by atoms with Crippen LogP contribution in [0.1, 0.15) is 16.0 Å². The van der Waals surface area contributed by atoms with Gasteiger partial charge in [-0.3, -0.25) is 4.40 Å². The molecule has 2 aromatic carbocycles. The second-order valence-electron chi connectivity index (χ2n) is 5.90. The second kappa shape index (κ2) is 6.55. The van der Waals surface area contributed by atoms with Gasteiger partial charge in [0.2, 0.25) is 0 Å². The number of halogens is 4. The summed E-state index contributed by atoms with van der Waals surface area (Å²) in [5.41, 5.74) is 1.91. The quantitative estimate of drug-likeness (QED) is 0.361. The highest BCUT2D eigenvalue weighted by molar-refractivity contribution is 9.10. The molecule has 2 aromatic heterocycles. The minimum atomic E-state index is -4.32. The first-order valence-electron chi connectivity index (χ1n) is 7.78. The van der Waals surface area contributed by atoms with E-state index in [1.54, 1.807) is 6.07 Å². The van der Waals surface area contributed by atoms with Crippen LogP contribution in [0.25, 0.3) is 16.2 Å². The summed E-state index contributed by atoms with van der Waals surface area (Å²) in [6.45, 7) is 0. The fraction of sp³-hybridized carbons (Fsp3) is 0.105. The summed E-state index contributed by atoms with van der Waals surface area (Å²) in [4.78, 5) is 6.41. The lowest BCUT2D eigenvalue weighted by Crippen LogP contribution is -2.05. The maximum atomic E-state index is 12.8. The van der Waals surface area contributed by atoms with Crippen LogP contribution >= 0.6 is 27.3 Å². The fourth-order valence-electron chi connectivity index (χ4n) is 2.74. The number of fused-ring (bicyclic) bond motifs is 1. The van der Waals surface area contributed by atoms with Crippen molar-refractivity contribution in [1.82, 2.24) is 9.38 Å². The molecule has 7 heteroatoms. The normalized spacial score (nSPS) is 12.0. The number of hydrogen-bond donors (Lipinski definition) is 0. The Hall–Kier alpha value is -2.12. The molecule has 0 N–H and O–H groups in total. The number of alkyl halides is 3. The van der Waals surface area contributed by atoms with Crippen LogP contribution in [0.15, 0.2) is 65.4 Å². The van der Waals surface area contributed by atoms with E-state index < -0.39 is 11.7 Å². The highest BCUT2D eigenvalue weighted by atomic mass is 79.9. The molecule has 0 saturated carbocycles. The minimum absolute atomic E-state index is 0.450. The van der Waals surface area contributed by atoms with Crippen LogP contribution in [0.3, 0.4) is 0 Å². The Bertz CT molecular complexity index is 1030. The molecule has 0 fully saturated rings. The number of thiazole rings is 1. The number of aromatic nitrogens is 2. The maximum absolute atomic E-state index is 12.8. The smallest absolute Gasteiger partial charge is 0.297 e. The van der Waals surface area contributed by atoms with Gasteiger partial charge in [-0.1, -0.05) is 46.3 Å². The van der Waals surface area contributed by atoms with Crippen molar-refractivity contribution in [3.8, 4) is 11.3 Å². The molecular weight excluding hydrogens is 425 g/mol. The zero-order chi connectivity index (χ0) is 18.3. The Morgan fingerprint density at radius 2 is 1.81 bits per heavy atom. The van der Waals surface area contributed by atoms with Crippen LogP contribution in [0.4, 0.5) is 13.2 Å². The summed E-state index contributed by atoms with van der Waals surface area (Å²) in [6.07, 6.45) is -0.00842. The van der Waals surface area contributed by atoms with Gasteiger partial charge in [-0.05, 0) is 23.8 Å². The number of benzene rings is 2. The Labute approximate surface area is 160 Å². The van der Waals surface area contributed by atoms with Crippen LogP contribution in [0.5, 0.6) is 0 Å². The molecule has 0 spiro atoms. The molecule has 0 aliphatic rings. The van der Waals surface area contributed by atoms with Crippen molar-refractivity contribution in [3.63, 3.8) is 0 Å². The Balaban J connectivity index is 1.59. The van der Waals surface area contributed by atoms with Gasteiger partial charge in [0, 0.05) is 33.7 Å². The van der Waals surface area contributed by atoms with E-state index in [9.17, 15) is 13.2 Å². The zero-order valence-electron chi connectivity index (χ0n) is 13.3. The largest absolute Gasteiger partial charge is 0.416 e. The minimum Gasteiger partial charge on any atom is -0.297 e. The molecule has 4 aromatic rings. The Morgan fingerprint density at radius 3 is 2.50 bits per heavy atom. The highest BCUT2D eigenvalue weighted by Crippen LogP contribution is 2.31. The van der Waals surface area contributed by atoms with Gasteiger partial charge < -0.3 is 0 Å². The third-order valence-corrected chi connectivity index (χ3v) is 5.50. The summed E-state index contributed by atoms with van der Waals surface area (Å²) in [5.74, 6) is 0. The molecule has 26 heavy (non-hydrogen) atoms. The van der Waals surface area contributed by atoms with Gasteiger partial charge in [-0.25, -0.2) is 4.98 Å². The average molecular weight is 437 g/mol. The molecule has 0 radical (unpaired) electrons. The summed E-state index contributed by atoms with van der Waals surface area (Å²) in [5, 5.41) is 0. The number of imidazole rings is 1. The molecule has 0 saturated heterocycles. The Morgan fingerprint density at radius 1 is 1.04 bits per heavy atom. The number of nitrogens with zero attached hydrogens (tertiary/aromatic N) is 2. The Kier molecular flexibility index (Phi) is 4.36. The standard InChI is InChI=1S/C19H12BrF3N2S/c20-15-6-4-13(5-7-15)17-11-25-10-16(26-18(25)24-17)9-12-2-1-3-14(8-12)19(21,22)23/h1-8,10-11H,9H2. The number of rotatable bonds is 3. The molecule has 4 rings (SSSR count). The van der Waals surface area contributed by atoms with Crippen molar-refractivity contribution < 1.29 is 13.2 Å². The third-order valence-electron chi connectivity index (χ3n) is 3.98. The van der Waals surface area contributed by atoms with Crippen LogP contribution in [0.2, 0.25) is 0 Å². The number of hydrogen-bond acceptors (Lipinski definition) is 2. The fourth-order valence-corrected chi connectivity index (χ4v) is 4.00. The van der Waals surface area contributed by atoms with E-state index in [-0.39, 0.29) is 0 Å².